The molecule has 2 aliphatic rings. The highest BCUT2D eigenvalue weighted by molar-refractivity contribution is 6.09. The summed E-state index contributed by atoms with van der Waals surface area (Å²) in [6.07, 6.45) is 0. The van der Waals surface area contributed by atoms with Crippen LogP contribution in [0.2, 0.25) is 0 Å². The lowest BCUT2D eigenvalue weighted by molar-refractivity contribution is -0.950. The largest absolute Gasteiger partial charge is 1.00 e. The quantitative estimate of drug-likeness (QED) is 0.176. The summed E-state index contributed by atoms with van der Waals surface area (Å²) in [5.74, 6) is 0. The van der Waals surface area contributed by atoms with Gasteiger partial charge in [-0.15, -0.1) is 0 Å². The van der Waals surface area contributed by atoms with Crippen molar-refractivity contribution in [3.8, 4) is 22.3 Å². The predicted octanol–water partition coefficient (Wildman–Crippen LogP) is 8.80. The van der Waals surface area contributed by atoms with Gasteiger partial charge in [0.2, 0.25) is 0 Å². The van der Waals surface area contributed by atoms with E-state index in [-0.39, 0.29) is 17.0 Å². The number of fused-ring (bicyclic) bond motifs is 14. The Bertz CT molecular complexity index is 2390. The Morgan fingerprint density at radius 1 is 0.392 bits per heavy atom. The second-order valence-corrected chi connectivity index (χ2v) is 14.2. The Kier molecular flexibility index (Phi) is 8.98. The summed E-state index contributed by atoms with van der Waals surface area (Å²) in [4.78, 5) is 0. The number of benzene rings is 8. The van der Waals surface area contributed by atoms with E-state index < -0.39 is 0 Å². The molecule has 0 spiro atoms. The zero-order chi connectivity index (χ0) is 33.7. The van der Waals surface area contributed by atoms with Gasteiger partial charge in [0.05, 0.1) is 13.1 Å². The highest BCUT2D eigenvalue weighted by Crippen LogP contribution is 2.44. The molecule has 0 saturated heterocycles. The van der Waals surface area contributed by atoms with Crippen molar-refractivity contribution in [2.45, 2.75) is 40.0 Å². The van der Waals surface area contributed by atoms with Gasteiger partial charge in [0, 0.05) is 24.2 Å². The molecule has 2 heterocycles. The second-order valence-electron chi connectivity index (χ2n) is 14.2. The lowest BCUT2D eigenvalue weighted by atomic mass is 9.88. The number of rotatable bonds is 2. The van der Waals surface area contributed by atoms with Crippen LogP contribution in [0.4, 0.5) is 0 Å². The van der Waals surface area contributed by atoms with Gasteiger partial charge in [-0.1, -0.05) is 146 Å². The van der Waals surface area contributed by atoms with Gasteiger partial charge in [-0.25, -0.2) is 0 Å². The monoisotopic (exact) mass is 726 g/mol. The second kappa shape index (κ2) is 13.7. The molecule has 252 valence electrons. The van der Waals surface area contributed by atoms with Crippen molar-refractivity contribution in [3.63, 3.8) is 0 Å². The summed E-state index contributed by atoms with van der Waals surface area (Å²) in [6, 6.07) is 53.6. The van der Waals surface area contributed by atoms with E-state index in [2.05, 4.69) is 165 Å². The number of quaternary nitrogens is 1. The van der Waals surface area contributed by atoms with Crippen molar-refractivity contribution >= 4 is 43.1 Å². The summed E-state index contributed by atoms with van der Waals surface area (Å²) in [6.45, 7) is 11.1. The van der Waals surface area contributed by atoms with Gasteiger partial charge in [-0.3, -0.25) is 0 Å². The highest BCUT2D eigenvalue weighted by atomic mass is 79.9. The van der Waals surface area contributed by atoms with Crippen LogP contribution in [-0.4, -0.2) is 17.6 Å². The Morgan fingerprint density at radius 3 is 1.02 bits per heavy atom. The smallest absolute Gasteiger partial charge is 0.105 e. The van der Waals surface area contributed by atoms with E-state index in [0.29, 0.717) is 0 Å². The molecule has 3 heteroatoms. The molecule has 8 aromatic rings. The van der Waals surface area contributed by atoms with E-state index in [9.17, 15) is 0 Å². The molecule has 0 unspecified atom stereocenters. The van der Waals surface area contributed by atoms with Crippen LogP contribution in [-0.2, 0) is 26.2 Å². The van der Waals surface area contributed by atoms with Crippen LogP contribution in [0.5, 0.6) is 0 Å². The first-order chi connectivity index (χ1) is 24.7. The summed E-state index contributed by atoms with van der Waals surface area (Å²) in [7, 11) is 0. The fourth-order valence-corrected chi connectivity index (χ4v) is 8.79. The molecular weight excluding hydrogens is 684 g/mol. The molecular formula is C48H43BrN2. The highest BCUT2D eigenvalue weighted by Gasteiger charge is 2.32. The zero-order valence-electron chi connectivity index (χ0n) is 29.4. The van der Waals surface area contributed by atoms with Crippen LogP contribution >= 0.6 is 0 Å². The lowest BCUT2D eigenvalue weighted by Crippen LogP contribution is -3.00. The van der Waals surface area contributed by atoms with E-state index in [1.807, 2.05) is 0 Å². The summed E-state index contributed by atoms with van der Waals surface area (Å²) in [5.41, 5.74) is 11.5. The van der Waals surface area contributed by atoms with Gasteiger partial charge in [0.1, 0.15) is 13.1 Å². The molecule has 1 N–H and O–H groups in total. The Balaban J connectivity index is 0.000000145. The summed E-state index contributed by atoms with van der Waals surface area (Å²) < 4.78 is 1.12. The Morgan fingerprint density at radius 2 is 0.686 bits per heavy atom. The molecule has 2 nitrogen and oxygen atoms in total. The van der Waals surface area contributed by atoms with E-state index in [4.69, 9.17) is 0 Å². The predicted molar refractivity (Wildman–Crippen MR) is 213 cm³/mol. The molecule has 0 atom stereocenters. The van der Waals surface area contributed by atoms with Crippen LogP contribution < -0.4 is 22.3 Å². The fraction of sp³-hybridized carbons (Fsp3) is 0.167. The van der Waals surface area contributed by atoms with Crippen molar-refractivity contribution in [2.75, 3.05) is 13.1 Å². The van der Waals surface area contributed by atoms with Gasteiger partial charge in [-0.2, -0.15) is 0 Å². The molecule has 0 fully saturated rings. The average Bonchev–Trinajstić information content (AvgIpc) is 3.47. The molecule has 51 heavy (non-hydrogen) atoms. The molecule has 0 radical (unpaired) electrons. The molecule has 0 aliphatic carbocycles. The van der Waals surface area contributed by atoms with Crippen LogP contribution in [0.15, 0.2) is 146 Å². The number of nitrogens with zero attached hydrogens (tertiary/aromatic N) is 1. The van der Waals surface area contributed by atoms with E-state index >= 15 is 0 Å². The van der Waals surface area contributed by atoms with Crippen LogP contribution in [0.3, 0.4) is 0 Å². The van der Waals surface area contributed by atoms with Crippen molar-refractivity contribution in [3.05, 3.63) is 168 Å². The van der Waals surface area contributed by atoms with Crippen molar-refractivity contribution < 1.29 is 21.5 Å². The van der Waals surface area contributed by atoms with Crippen molar-refractivity contribution in [1.82, 2.24) is 5.32 Å². The minimum Gasteiger partial charge on any atom is -1.00 e. The van der Waals surface area contributed by atoms with E-state index in [1.165, 1.54) is 87.6 Å². The molecule has 0 bridgehead atoms. The molecule has 10 rings (SSSR count). The third-order valence-corrected chi connectivity index (χ3v) is 11.5. The lowest BCUT2D eigenvalue weighted by Gasteiger charge is -2.36. The topological polar surface area (TPSA) is 12.0 Å². The molecule has 0 saturated carbocycles. The Labute approximate surface area is 311 Å². The first-order valence-corrected chi connectivity index (χ1v) is 18.3. The van der Waals surface area contributed by atoms with Crippen LogP contribution in [0.25, 0.3) is 65.3 Å². The van der Waals surface area contributed by atoms with Gasteiger partial charge in [-0.05, 0) is 90.3 Å². The molecule has 2 aliphatic heterocycles. The first-order valence-electron chi connectivity index (χ1n) is 18.3. The maximum absolute atomic E-state index is 3.59. The average molecular weight is 728 g/mol. The number of hydrogen-bond donors (Lipinski definition) is 1. The van der Waals surface area contributed by atoms with Crippen LogP contribution in [0.1, 0.15) is 36.1 Å². The van der Waals surface area contributed by atoms with Crippen LogP contribution in [0, 0.1) is 0 Å². The normalized spacial score (nSPS) is 14.2. The minimum atomic E-state index is 0. The summed E-state index contributed by atoms with van der Waals surface area (Å²) in [5, 5.41) is 14.4. The third kappa shape index (κ3) is 5.74. The SMILES string of the molecule is CC[N+]1(CC)Cc2ccc3ccccc3c2-c2c(ccc3ccccc23)C1.[Br-].c1ccc2c3c(ccc2c1)CNCc1ccc2ccccc2c1-3. The van der Waals surface area contributed by atoms with Crippen molar-refractivity contribution in [1.29, 1.82) is 0 Å². The molecule has 0 aromatic heterocycles. The van der Waals surface area contributed by atoms with Gasteiger partial charge >= 0.3 is 0 Å². The maximum Gasteiger partial charge on any atom is 0.105 e. The maximum atomic E-state index is 3.59. The fourth-order valence-electron chi connectivity index (χ4n) is 8.79. The van der Waals surface area contributed by atoms with E-state index in [0.717, 1.165) is 43.8 Å². The third-order valence-electron chi connectivity index (χ3n) is 11.5. The Hall–Kier alpha value is -4.80. The minimum absolute atomic E-state index is 0. The van der Waals surface area contributed by atoms with Crippen molar-refractivity contribution in [2.24, 2.45) is 0 Å². The molecule has 0 amide bonds. The van der Waals surface area contributed by atoms with Gasteiger partial charge in [0.15, 0.2) is 0 Å². The summed E-state index contributed by atoms with van der Waals surface area (Å²) >= 11 is 0. The molecule has 8 aromatic carbocycles. The first kappa shape index (κ1) is 33.3. The zero-order valence-corrected chi connectivity index (χ0v) is 31.0. The number of halogens is 1. The van der Waals surface area contributed by atoms with Gasteiger partial charge < -0.3 is 26.8 Å². The number of nitrogens with one attached hydrogen (secondary N) is 1. The van der Waals surface area contributed by atoms with Gasteiger partial charge in [0.25, 0.3) is 0 Å². The van der Waals surface area contributed by atoms with E-state index in [1.54, 1.807) is 0 Å². The standard InChI is InChI=1S/C26H26N.C22H17N.BrH/c1-3-27(4-2)17-21-15-13-19-9-5-7-11-23(19)25(21)26-22(18-27)16-14-20-10-6-8-12-24(20)26;1-3-7-19-15(5-1)9-11-17-13-23-14-18-12-10-16-6-2-4-8-20(16)22(18)21(17)19;/h5-16H,3-4,17-18H2,1-2H3;1-12,23H,13-14H2;1H/q+1;;/p-1. The number of hydrogen-bond acceptors (Lipinski definition) is 1.